The average Bonchev–Trinajstić information content (AvgIpc) is 3.11. The van der Waals surface area contributed by atoms with E-state index in [1.807, 2.05) is 119 Å². The Labute approximate surface area is 266 Å². The van der Waals surface area contributed by atoms with Crippen molar-refractivity contribution in [1.82, 2.24) is 14.7 Å². The normalized spacial score (nSPS) is 13.6. The number of methoxy groups -OCH3 is 2. The third kappa shape index (κ3) is 8.19. The highest BCUT2D eigenvalue weighted by Crippen LogP contribution is 2.27. The molecule has 0 atom stereocenters. The average molecular weight is 604 g/mol. The van der Waals surface area contributed by atoms with Crippen molar-refractivity contribution in [3.05, 3.63) is 138 Å². The van der Waals surface area contributed by atoms with Gasteiger partial charge in [-0.2, -0.15) is 0 Å². The van der Waals surface area contributed by atoms with E-state index < -0.39 is 0 Å². The molecule has 0 aliphatic carbocycles. The van der Waals surface area contributed by atoms with E-state index in [2.05, 4.69) is 4.90 Å². The lowest BCUT2D eigenvalue weighted by Crippen LogP contribution is -2.51. The molecule has 4 aromatic carbocycles. The molecular formula is C38H41N3O4. The van der Waals surface area contributed by atoms with E-state index >= 15 is 0 Å². The van der Waals surface area contributed by atoms with Gasteiger partial charge in [-0.1, -0.05) is 91.0 Å². The van der Waals surface area contributed by atoms with E-state index in [4.69, 9.17) is 9.47 Å². The quantitative estimate of drug-likeness (QED) is 0.204. The van der Waals surface area contributed by atoms with E-state index in [-0.39, 0.29) is 17.7 Å². The molecule has 45 heavy (non-hydrogen) atoms. The number of para-hydroxylation sites is 1. The number of piperazine rings is 1. The number of benzene rings is 4. The Balaban J connectivity index is 1.23. The zero-order chi connectivity index (χ0) is 31.4. The molecule has 0 N–H and O–H groups in total. The molecule has 1 fully saturated rings. The molecule has 0 radical (unpaired) electrons. The van der Waals surface area contributed by atoms with Crippen molar-refractivity contribution in [3.8, 4) is 11.5 Å². The van der Waals surface area contributed by atoms with Gasteiger partial charge >= 0.3 is 0 Å². The van der Waals surface area contributed by atoms with Crippen LogP contribution in [0.4, 0.5) is 0 Å². The van der Waals surface area contributed by atoms with Crippen molar-refractivity contribution in [3.63, 3.8) is 0 Å². The molecule has 0 spiro atoms. The molecule has 7 nitrogen and oxygen atoms in total. The van der Waals surface area contributed by atoms with Crippen LogP contribution in [0.15, 0.2) is 115 Å². The topological polar surface area (TPSA) is 62.3 Å². The van der Waals surface area contributed by atoms with Crippen LogP contribution in [0.1, 0.15) is 33.0 Å². The molecule has 0 unspecified atom stereocenters. The molecule has 0 aromatic heterocycles. The van der Waals surface area contributed by atoms with Crippen LogP contribution in [0.25, 0.3) is 6.08 Å². The summed E-state index contributed by atoms with van der Waals surface area (Å²) in [6.07, 6.45) is 4.00. The van der Waals surface area contributed by atoms with E-state index in [0.29, 0.717) is 44.0 Å². The van der Waals surface area contributed by atoms with Gasteiger partial charge in [0, 0.05) is 56.9 Å². The molecule has 2 amide bonds. The fraction of sp³-hybridized carbons (Fsp3) is 0.263. The Morgan fingerprint density at radius 3 is 1.96 bits per heavy atom. The Kier molecular flexibility index (Phi) is 11.0. The minimum Gasteiger partial charge on any atom is -0.497 e. The molecule has 1 heterocycles. The summed E-state index contributed by atoms with van der Waals surface area (Å²) in [5, 5.41) is 0. The predicted molar refractivity (Wildman–Crippen MR) is 179 cm³/mol. The van der Waals surface area contributed by atoms with Crippen molar-refractivity contribution in [2.24, 2.45) is 0 Å². The maximum Gasteiger partial charge on any atom is 0.254 e. The van der Waals surface area contributed by atoms with Crippen LogP contribution in [0.2, 0.25) is 0 Å². The van der Waals surface area contributed by atoms with Gasteiger partial charge in [-0.15, -0.1) is 0 Å². The SMILES string of the molecule is COc1ccc(C(=O)N(C/C=C/c2ccccc2OC)CCN2CCN(C(=O)C(c3ccccc3)c3ccccc3)CC2)cc1. The van der Waals surface area contributed by atoms with Crippen molar-refractivity contribution in [1.29, 1.82) is 0 Å². The Bertz CT molecular complexity index is 1510. The van der Waals surface area contributed by atoms with Crippen LogP contribution in [0.5, 0.6) is 11.5 Å². The van der Waals surface area contributed by atoms with Crippen LogP contribution in [-0.2, 0) is 4.79 Å². The number of hydrogen-bond acceptors (Lipinski definition) is 5. The largest absolute Gasteiger partial charge is 0.497 e. The van der Waals surface area contributed by atoms with Crippen LogP contribution in [-0.4, -0.2) is 86.5 Å². The molecule has 7 heteroatoms. The first-order valence-electron chi connectivity index (χ1n) is 15.4. The van der Waals surface area contributed by atoms with Gasteiger partial charge in [0.05, 0.1) is 20.1 Å². The van der Waals surface area contributed by atoms with Crippen LogP contribution < -0.4 is 9.47 Å². The number of carbonyl (C=O) groups is 2. The van der Waals surface area contributed by atoms with Crippen molar-refractivity contribution < 1.29 is 19.1 Å². The Morgan fingerprint density at radius 1 is 0.756 bits per heavy atom. The molecule has 1 saturated heterocycles. The fourth-order valence-corrected chi connectivity index (χ4v) is 5.71. The minimum absolute atomic E-state index is 0.0373. The highest BCUT2D eigenvalue weighted by atomic mass is 16.5. The number of carbonyl (C=O) groups excluding carboxylic acids is 2. The van der Waals surface area contributed by atoms with Gasteiger partial charge in [0.15, 0.2) is 0 Å². The minimum atomic E-state index is -0.327. The summed E-state index contributed by atoms with van der Waals surface area (Å²) in [7, 11) is 3.27. The lowest BCUT2D eigenvalue weighted by atomic mass is 9.90. The summed E-state index contributed by atoms with van der Waals surface area (Å²) in [6, 6.07) is 35.1. The van der Waals surface area contributed by atoms with Crippen LogP contribution in [0, 0.1) is 0 Å². The van der Waals surface area contributed by atoms with Gasteiger partial charge in [0.1, 0.15) is 11.5 Å². The highest BCUT2D eigenvalue weighted by molar-refractivity contribution is 5.94. The van der Waals surface area contributed by atoms with Crippen LogP contribution in [0.3, 0.4) is 0 Å². The van der Waals surface area contributed by atoms with Gasteiger partial charge in [0.25, 0.3) is 5.91 Å². The van der Waals surface area contributed by atoms with Gasteiger partial charge < -0.3 is 19.3 Å². The zero-order valence-electron chi connectivity index (χ0n) is 26.0. The Morgan fingerprint density at radius 2 is 1.36 bits per heavy atom. The Hall–Kier alpha value is -4.88. The number of rotatable bonds is 12. The molecule has 1 aliphatic heterocycles. The van der Waals surface area contributed by atoms with Gasteiger partial charge in [0.2, 0.25) is 5.91 Å². The second kappa shape index (κ2) is 15.7. The summed E-state index contributed by atoms with van der Waals surface area (Å²) < 4.78 is 10.8. The molecular weight excluding hydrogens is 562 g/mol. The molecule has 1 aliphatic rings. The van der Waals surface area contributed by atoms with Crippen molar-refractivity contribution in [2.75, 3.05) is 60.0 Å². The number of ether oxygens (including phenoxy) is 2. The summed E-state index contributed by atoms with van der Waals surface area (Å²) >= 11 is 0. The first-order chi connectivity index (χ1) is 22.1. The van der Waals surface area contributed by atoms with Crippen molar-refractivity contribution >= 4 is 17.9 Å². The predicted octanol–water partition coefficient (Wildman–Crippen LogP) is 5.84. The van der Waals surface area contributed by atoms with Gasteiger partial charge in [-0.05, 0) is 41.5 Å². The number of amides is 2. The summed E-state index contributed by atoms with van der Waals surface area (Å²) in [5.41, 5.74) is 3.58. The van der Waals surface area contributed by atoms with Gasteiger partial charge in [-0.25, -0.2) is 0 Å². The van der Waals surface area contributed by atoms with Gasteiger partial charge in [-0.3, -0.25) is 14.5 Å². The monoisotopic (exact) mass is 603 g/mol. The first-order valence-corrected chi connectivity index (χ1v) is 15.4. The van der Waals surface area contributed by atoms with E-state index in [1.165, 1.54) is 0 Å². The standard InChI is InChI=1S/C38H41N3O4/c1-44-34-21-19-33(20-22-34)37(42)40(23-11-17-30-12-9-10-18-35(30)45-2)27-24-39-25-28-41(29-26-39)38(43)36(31-13-5-3-6-14-31)32-15-7-4-8-16-32/h3-22,36H,23-29H2,1-2H3/b17-11+. The fourth-order valence-electron chi connectivity index (χ4n) is 5.71. The van der Waals surface area contributed by atoms with E-state index in [9.17, 15) is 9.59 Å². The maximum absolute atomic E-state index is 13.9. The maximum atomic E-state index is 13.9. The zero-order valence-corrected chi connectivity index (χ0v) is 26.0. The lowest BCUT2D eigenvalue weighted by molar-refractivity contribution is -0.133. The van der Waals surface area contributed by atoms with Crippen LogP contribution >= 0.6 is 0 Å². The lowest BCUT2D eigenvalue weighted by Gasteiger charge is -2.37. The number of hydrogen-bond donors (Lipinski definition) is 0. The molecule has 0 saturated carbocycles. The first kappa shape index (κ1) is 31.5. The smallest absolute Gasteiger partial charge is 0.254 e. The van der Waals surface area contributed by atoms with Crippen molar-refractivity contribution in [2.45, 2.75) is 5.92 Å². The number of nitrogens with zero attached hydrogens (tertiary/aromatic N) is 3. The molecule has 4 aromatic rings. The summed E-state index contributed by atoms with van der Waals surface area (Å²) in [4.78, 5) is 33.7. The summed E-state index contributed by atoms with van der Waals surface area (Å²) in [6.45, 7) is 4.54. The third-order valence-electron chi connectivity index (χ3n) is 8.27. The summed E-state index contributed by atoms with van der Waals surface area (Å²) in [5.74, 6) is 1.26. The molecule has 0 bridgehead atoms. The van der Waals surface area contributed by atoms with E-state index in [1.54, 1.807) is 26.4 Å². The van der Waals surface area contributed by atoms with E-state index in [0.717, 1.165) is 35.5 Å². The third-order valence-corrected chi connectivity index (χ3v) is 8.27. The molecule has 5 rings (SSSR count). The molecule has 232 valence electrons. The highest BCUT2D eigenvalue weighted by Gasteiger charge is 2.30. The second-order valence-electron chi connectivity index (χ2n) is 11.0. The second-order valence-corrected chi connectivity index (χ2v) is 11.0.